The number of benzene rings is 2. The summed E-state index contributed by atoms with van der Waals surface area (Å²) in [6, 6.07) is 15.2. The van der Waals surface area contributed by atoms with Crippen LogP contribution in [0.3, 0.4) is 0 Å². The van der Waals surface area contributed by atoms with Crippen molar-refractivity contribution in [3.05, 3.63) is 59.7 Å². The van der Waals surface area contributed by atoms with Crippen molar-refractivity contribution in [2.45, 2.75) is 25.2 Å². The van der Waals surface area contributed by atoms with E-state index in [1.165, 1.54) is 0 Å². The lowest BCUT2D eigenvalue weighted by Crippen LogP contribution is -2.28. The summed E-state index contributed by atoms with van der Waals surface area (Å²) in [6.45, 7) is 2.19. The van der Waals surface area contributed by atoms with Gasteiger partial charge in [0.05, 0.1) is 12.2 Å². The topological polar surface area (TPSA) is 71.0 Å². The molecule has 0 amide bonds. The van der Waals surface area contributed by atoms with E-state index in [2.05, 4.69) is 5.32 Å². The molecule has 0 aliphatic carbocycles. The normalized spacial score (nSPS) is 15.8. The van der Waals surface area contributed by atoms with Crippen LogP contribution in [0.4, 0.5) is 0 Å². The van der Waals surface area contributed by atoms with Gasteiger partial charge in [-0.2, -0.15) is 0 Å². The molecule has 0 saturated heterocycles. The highest BCUT2D eigenvalue weighted by Crippen LogP contribution is 2.30. The Kier molecular flexibility index (Phi) is 5.69. The SMILES string of the molecule is OC(CNCc1ccc2c(c1)OCCO2)CC(O)c1ccccc1. The minimum absolute atomic E-state index is 0.304. The van der Waals surface area contributed by atoms with Crippen LogP contribution >= 0.6 is 0 Å². The second-order valence-corrected chi connectivity index (χ2v) is 5.92. The van der Waals surface area contributed by atoms with Crippen molar-refractivity contribution >= 4 is 0 Å². The molecule has 2 unspecified atom stereocenters. The summed E-state index contributed by atoms with van der Waals surface area (Å²) in [7, 11) is 0. The predicted molar refractivity (Wildman–Crippen MR) is 91.2 cm³/mol. The number of aliphatic hydroxyl groups is 2. The molecule has 1 aliphatic rings. The van der Waals surface area contributed by atoms with Crippen LogP contribution in [0.5, 0.6) is 11.5 Å². The Balaban J connectivity index is 1.44. The highest BCUT2D eigenvalue weighted by atomic mass is 16.6. The van der Waals surface area contributed by atoms with Gasteiger partial charge in [-0.3, -0.25) is 0 Å². The first-order valence-corrected chi connectivity index (χ1v) is 8.22. The van der Waals surface area contributed by atoms with E-state index >= 15 is 0 Å². The molecule has 0 bridgehead atoms. The minimum atomic E-state index is -0.655. The average Bonchev–Trinajstić information content (AvgIpc) is 2.62. The van der Waals surface area contributed by atoms with E-state index < -0.39 is 12.2 Å². The monoisotopic (exact) mass is 329 g/mol. The lowest BCUT2D eigenvalue weighted by Gasteiger charge is -2.19. The highest BCUT2D eigenvalue weighted by molar-refractivity contribution is 5.43. The Morgan fingerprint density at radius 2 is 1.71 bits per heavy atom. The fraction of sp³-hybridized carbons (Fsp3) is 0.368. The fourth-order valence-corrected chi connectivity index (χ4v) is 2.73. The largest absolute Gasteiger partial charge is 0.486 e. The van der Waals surface area contributed by atoms with Gasteiger partial charge in [-0.25, -0.2) is 0 Å². The predicted octanol–water partition coefficient (Wildman–Crippen LogP) is 2.03. The number of rotatable bonds is 7. The zero-order chi connectivity index (χ0) is 16.8. The Hall–Kier alpha value is -2.08. The van der Waals surface area contributed by atoms with Crippen molar-refractivity contribution in [3.63, 3.8) is 0 Å². The maximum Gasteiger partial charge on any atom is 0.161 e. The summed E-state index contributed by atoms with van der Waals surface area (Å²) < 4.78 is 11.1. The summed E-state index contributed by atoms with van der Waals surface area (Å²) in [6.07, 6.45) is -0.965. The number of nitrogens with one attached hydrogen (secondary N) is 1. The fourth-order valence-electron chi connectivity index (χ4n) is 2.73. The molecule has 5 heteroatoms. The molecular weight excluding hydrogens is 306 g/mol. The van der Waals surface area contributed by atoms with Gasteiger partial charge in [0.2, 0.25) is 0 Å². The van der Waals surface area contributed by atoms with Crippen LogP contribution in [0.1, 0.15) is 23.7 Å². The van der Waals surface area contributed by atoms with Crippen LogP contribution in [-0.4, -0.2) is 36.1 Å². The van der Waals surface area contributed by atoms with Gasteiger partial charge in [-0.15, -0.1) is 0 Å². The second-order valence-electron chi connectivity index (χ2n) is 5.92. The Morgan fingerprint density at radius 1 is 0.958 bits per heavy atom. The van der Waals surface area contributed by atoms with E-state index in [9.17, 15) is 10.2 Å². The molecule has 0 fully saturated rings. The molecule has 24 heavy (non-hydrogen) atoms. The van der Waals surface area contributed by atoms with Crippen molar-refractivity contribution in [1.82, 2.24) is 5.32 Å². The van der Waals surface area contributed by atoms with Crippen LogP contribution in [-0.2, 0) is 6.54 Å². The van der Waals surface area contributed by atoms with Crippen LogP contribution in [0, 0.1) is 0 Å². The summed E-state index contributed by atoms with van der Waals surface area (Å²) in [5.74, 6) is 1.54. The van der Waals surface area contributed by atoms with Gasteiger partial charge in [-0.1, -0.05) is 36.4 Å². The Bertz CT molecular complexity index is 647. The first-order chi connectivity index (χ1) is 11.7. The molecule has 1 aliphatic heterocycles. The van der Waals surface area contributed by atoms with E-state index in [1.54, 1.807) is 0 Å². The van der Waals surface area contributed by atoms with Gasteiger partial charge < -0.3 is 25.0 Å². The zero-order valence-corrected chi connectivity index (χ0v) is 13.5. The van der Waals surface area contributed by atoms with Crippen molar-refractivity contribution in [1.29, 1.82) is 0 Å². The molecule has 2 aromatic rings. The van der Waals surface area contributed by atoms with Gasteiger partial charge in [-0.05, 0) is 23.3 Å². The lowest BCUT2D eigenvalue weighted by atomic mass is 10.0. The van der Waals surface area contributed by atoms with Crippen molar-refractivity contribution in [2.24, 2.45) is 0 Å². The molecule has 0 aromatic heterocycles. The van der Waals surface area contributed by atoms with E-state index in [0.717, 1.165) is 22.6 Å². The summed E-state index contributed by atoms with van der Waals surface area (Å²) in [5.41, 5.74) is 1.89. The Labute approximate surface area is 141 Å². The van der Waals surface area contributed by atoms with E-state index in [1.807, 2.05) is 48.5 Å². The van der Waals surface area contributed by atoms with Gasteiger partial charge in [0.15, 0.2) is 11.5 Å². The van der Waals surface area contributed by atoms with Crippen molar-refractivity contribution in [2.75, 3.05) is 19.8 Å². The number of ether oxygens (including phenoxy) is 2. The lowest BCUT2D eigenvalue weighted by molar-refractivity contribution is 0.0799. The van der Waals surface area contributed by atoms with Gasteiger partial charge in [0.1, 0.15) is 13.2 Å². The van der Waals surface area contributed by atoms with Crippen LogP contribution in [0.15, 0.2) is 48.5 Å². The number of aliphatic hydroxyl groups excluding tert-OH is 2. The molecule has 2 aromatic carbocycles. The highest BCUT2D eigenvalue weighted by Gasteiger charge is 2.14. The summed E-state index contributed by atoms with van der Waals surface area (Å²) in [5, 5.41) is 23.4. The third-order valence-corrected chi connectivity index (χ3v) is 4.00. The average molecular weight is 329 g/mol. The molecule has 0 saturated carbocycles. The molecule has 2 atom stereocenters. The third-order valence-electron chi connectivity index (χ3n) is 4.00. The maximum atomic E-state index is 10.1. The van der Waals surface area contributed by atoms with Crippen molar-refractivity contribution < 1.29 is 19.7 Å². The van der Waals surface area contributed by atoms with Crippen molar-refractivity contribution in [3.8, 4) is 11.5 Å². The summed E-state index contributed by atoms with van der Waals surface area (Å²) >= 11 is 0. The maximum absolute atomic E-state index is 10.1. The number of hydrogen-bond acceptors (Lipinski definition) is 5. The minimum Gasteiger partial charge on any atom is -0.486 e. The quantitative estimate of drug-likeness (QED) is 0.725. The molecule has 0 radical (unpaired) electrons. The second kappa shape index (κ2) is 8.15. The molecule has 5 nitrogen and oxygen atoms in total. The van der Waals surface area contributed by atoms with E-state index in [0.29, 0.717) is 32.7 Å². The van der Waals surface area contributed by atoms with Gasteiger partial charge >= 0.3 is 0 Å². The van der Waals surface area contributed by atoms with Gasteiger partial charge in [0, 0.05) is 19.5 Å². The number of hydrogen-bond donors (Lipinski definition) is 3. The molecule has 3 N–H and O–H groups in total. The summed E-state index contributed by atoms with van der Waals surface area (Å²) in [4.78, 5) is 0. The zero-order valence-electron chi connectivity index (χ0n) is 13.5. The first-order valence-electron chi connectivity index (χ1n) is 8.22. The third kappa shape index (κ3) is 4.47. The molecule has 1 heterocycles. The molecule has 3 rings (SSSR count). The van der Waals surface area contributed by atoms with Crippen LogP contribution < -0.4 is 14.8 Å². The van der Waals surface area contributed by atoms with Crippen LogP contribution in [0.25, 0.3) is 0 Å². The first kappa shape index (κ1) is 16.8. The van der Waals surface area contributed by atoms with E-state index in [-0.39, 0.29) is 0 Å². The molecule has 0 spiro atoms. The van der Waals surface area contributed by atoms with Crippen LogP contribution in [0.2, 0.25) is 0 Å². The Morgan fingerprint density at radius 3 is 2.50 bits per heavy atom. The standard InChI is InChI=1S/C19H23NO4/c21-16(11-17(22)15-4-2-1-3-5-15)13-20-12-14-6-7-18-19(10-14)24-9-8-23-18/h1-7,10,16-17,20-22H,8-9,11-13H2. The smallest absolute Gasteiger partial charge is 0.161 e. The molecular formula is C19H23NO4. The molecule has 128 valence electrons. The van der Waals surface area contributed by atoms with E-state index in [4.69, 9.17) is 9.47 Å². The van der Waals surface area contributed by atoms with Gasteiger partial charge in [0.25, 0.3) is 0 Å². The number of fused-ring (bicyclic) bond motifs is 1.